The van der Waals surface area contributed by atoms with Gasteiger partial charge in [0.05, 0.1) is 0 Å². The molecule has 0 aromatic rings. The molecule has 0 heterocycles. The Balaban J connectivity index is 3.00. The van der Waals surface area contributed by atoms with Gasteiger partial charge in [0.25, 0.3) is 0 Å². The van der Waals surface area contributed by atoms with Gasteiger partial charge >= 0.3 is 5.97 Å². The molecule has 0 aliphatic carbocycles. The van der Waals surface area contributed by atoms with E-state index in [1.165, 1.54) is 0 Å². The number of hydrogen-bond acceptors (Lipinski definition) is 4. The van der Waals surface area contributed by atoms with Gasteiger partial charge in [0, 0.05) is 6.42 Å². The first-order chi connectivity index (χ1) is 3.31. The van der Waals surface area contributed by atoms with Crippen LogP contribution in [0, 0.1) is 0 Å². The van der Waals surface area contributed by atoms with Crippen LogP contribution < -0.4 is 0 Å². The molecule has 0 bridgehead atoms. The van der Waals surface area contributed by atoms with Gasteiger partial charge in [-0.2, -0.15) is 0 Å². The smallest absolute Gasteiger partial charge is 0.269 e. The second-order valence-corrected chi connectivity index (χ2v) is 0.883. The molecule has 0 aliphatic heterocycles. The van der Waals surface area contributed by atoms with Crippen LogP contribution >= 0.6 is 0 Å². The topological polar surface area (TPSA) is 55.8 Å². The summed E-state index contributed by atoms with van der Waals surface area (Å²) < 4.78 is 0. The molecule has 0 amide bonds. The van der Waals surface area contributed by atoms with E-state index >= 15 is 0 Å². The third-order valence-electron chi connectivity index (χ3n) is 0.419. The predicted molar refractivity (Wildman–Crippen MR) is 20.1 cm³/mol. The fourth-order valence-corrected chi connectivity index (χ4v) is 0.100. The number of rotatable bonds is 2. The molecule has 4 heteroatoms. The zero-order chi connectivity index (χ0) is 5.70. The molecule has 1 N–H and O–H groups in total. The third kappa shape index (κ3) is 3.21. The van der Waals surface area contributed by atoms with E-state index in [0.717, 1.165) is 0 Å². The summed E-state index contributed by atoms with van der Waals surface area (Å²) >= 11 is 0. The molecule has 7 heavy (non-hydrogen) atoms. The minimum atomic E-state index is -0.595. The molecule has 0 aromatic carbocycles. The van der Waals surface area contributed by atoms with Crippen molar-refractivity contribution < 1.29 is 20.0 Å². The summed E-state index contributed by atoms with van der Waals surface area (Å²) in [5.41, 5.74) is 0. The Hall–Kier alpha value is -0.610. The quantitative estimate of drug-likeness (QED) is 0.407. The molecule has 0 fully saturated rings. The molecule has 0 saturated carbocycles. The van der Waals surface area contributed by atoms with Crippen molar-refractivity contribution in [3.63, 3.8) is 0 Å². The first kappa shape index (κ1) is 6.39. The zero-order valence-corrected chi connectivity index (χ0v) is 3.88. The van der Waals surface area contributed by atoms with Crippen molar-refractivity contribution in [1.82, 2.24) is 0 Å². The second-order valence-electron chi connectivity index (χ2n) is 0.883. The van der Waals surface area contributed by atoms with E-state index < -0.39 is 5.97 Å². The third-order valence-corrected chi connectivity index (χ3v) is 0.419. The average molecular weight is 106 g/mol. The van der Waals surface area contributed by atoms with Crippen LogP contribution in [0.3, 0.4) is 0 Å². The summed E-state index contributed by atoms with van der Waals surface area (Å²) in [6, 6.07) is 0. The number of carbonyl (C=O) groups is 1. The Bertz CT molecular complexity index is 60.0. The van der Waals surface area contributed by atoms with Crippen molar-refractivity contribution in [2.24, 2.45) is 0 Å². The maximum Gasteiger partial charge on any atom is 0.345 e. The van der Waals surface area contributed by atoms with E-state index in [2.05, 4.69) is 9.93 Å². The van der Waals surface area contributed by atoms with E-state index in [1.807, 2.05) is 0 Å². The molecule has 0 radical (unpaired) electrons. The van der Waals surface area contributed by atoms with Gasteiger partial charge in [-0.15, -0.1) is 0 Å². The van der Waals surface area contributed by atoms with Crippen molar-refractivity contribution in [3.05, 3.63) is 0 Å². The highest BCUT2D eigenvalue weighted by Crippen LogP contribution is 1.80. The first-order valence-electron chi connectivity index (χ1n) is 1.82. The van der Waals surface area contributed by atoms with Crippen LogP contribution in [0.25, 0.3) is 0 Å². The molecule has 0 saturated heterocycles. The summed E-state index contributed by atoms with van der Waals surface area (Å²) in [6.07, 6.45) is 0.195. The Morgan fingerprint density at radius 2 is 2.43 bits per heavy atom. The Morgan fingerprint density at radius 3 is 2.57 bits per heavy atom. The molecule has 42 valence electrons. The number of hydrogen-bond donors (Lipinski definition) is 1. The monoisotopic (exact) mass is 106 g/mol. The van der Waals surface area contributed by atoms with Crippen molar-refractivity contribution in [2.45, 2.75) is 13.3 Å². The van der Waals surface area contributed by atoms with Gasteiger partial charge in [-0.1, -0.05) is 6.92 Å². The molecular formula is C3H6O4. The predicted octanol–water partition coefficient (Wildman–Crippen LogP) is 0.344. The Morgan fingerprint density at radius 1 is 1.86 bits per heavy atom. The SMILES string of the molecule is CCC(=O)OOO. The summed E-state index contributed by atoms with van der Waals surface area (Å²) in [7, 11) is 0. The molecule has 0 aliphatic rings. The molecule has 0 unspecified atom stereocenters. The van der Waals surface area contributed by atoms with Crippen molar-refractivity contribution >= 4 is 5.97 Å². The van der Waals surface area contributed by atoms with Crippen molar-refractivity contribution in [3.8, 4) is 0 Å². The highest BCUT2D eigenvalue weighted by atomic mass is 17.5. The van der Waals surface area contributed by atoms with Gasteiger partial charge < -0.3 is 0 Å². The lowest BCUT2D eigenvalue weighted by atomic mass is 10.5. The molecule has 0 atom stereocenters. The minimum absolute atomic E-state index is 0.195. The summed E-state index contributed by atoms with van der Waals surface area (Å²) in [6.45, 7) is 1.58. The van der Waals surface area contributed by atoms with Gasteiger partial charge in [-0.25, -0.2) is 10.1 Å². The molecule has 0 rings (SSSR count). The normalized spacial score (nSPS) is 8.29. The lowest BCUT2D eigenvalue weighted by Crippen LogP contribution is -1.99. The van der Waals surface area contributed by atoms with E-state index in [4.69, 9.17) is 5.26 Å². The lowest BCUT2D eigenvalue weighted by molar-refractivity contribution is -0.462. The van der Waals surface area contributed by atoms with Crippen LogP contribution in [0.15, 0.2) is 0 Å². The molecule has 0 aromatic heterocycles. The van der Waals surface area contributed by atoms with Gasteiger partial charge in [0.1, 0.15) is 0 Å². The van der Waals surface area contributed by atoms with E-state index in [1.54, 1.807) is 6.92 Å². The van der Waals surface area contributed by atoms with Crippen LogP contribution in [0.4, 0.5) is 0 Å². The molecule has 4 nitrogen and oxygen atoms in total. The largest absolute Gasteiger partial charge is 0.345 e. The maximum absolute atomic E-state index is 9.90. The van der Waals surface area contributed by atoms with Crippen LogP contribution in [0.5, 0.6) is 0 Å². The van der Waals surface area contributed by atoms with Crippen LogP contribution in [-0.4, -0.2) is 11.2 Å². The second kappa shape index (κ2) is 3.58. The molecular weight excluding hydrogens is 100 g/mol. The van der Waals surface area contributed by atoms with Gasteiger partial charge in [0.15, 0.2) is 0 Å². The van der Waals surface area contributed by atoms with Crippen LogP contribution in [0.2, 0.25) is 0 Å². The van der Waals surface area contributed by atoms with E-state index in [0.29, 0.717) is 0 Å². The van der Waals surface area contributed by atoms with Crippen LogP contribution in [0.1, 0.15) is 13.3 Å². The van der Waals surface area contributed by atoms with E-state index in [9.17, 15) is 4.79 Å². The summed E-state index contributed by atoms with van der Waals surface area (Å²) in [5, 5.41) is 10.5. The van der Waals surface area contributed by atoms with Gasteiger partial charge in [-0.05, 0) is 5.04 Å². The lowest BCUT2D eigenvalue weighted by Gasteiger charge is -1.88. The highest BCUT2D eigenvalue weighted by Gasteiger charge is 1.94. The maximum atomic E-state index is 9.90. The minimum Gasteiger partial charge on any atom is -0.269 e. The standard InChI is InChI=1S/C3H6O4/c1-2-3(4)6-7-5/h5H,2H2,1H3. The van der Waals surface area contributed by atoms with Gasteiger partial charge in [-0.3, -0.25) is 4.89 Å². The fourth-order valence-electron chi connectivity index (χ4n) is 0.100. The summed E-state index contributed by atoms with van der Waals surface area (Å²) in [5.74, 6) is -0.595. The Kier molecular flexibility index (Phi) is 3.26. The van der Waals surface area contributed by atoms with Crippen molar-refractivity contribution in [2.75, 3.05) is 0 Å². The average Bonchev–Trinajstić information content (AvgIpc) is 1.68. The fraction of sp³-hybridized carbons (Fsp3) is 0.667. The zero-order valence-electron chi connectivity index (χ0n) is 3.88. The Labute approximate surface area is 40.5 Å². The van der Waals surface area contributed by atoms with Gasteiger partial charge in [0.2, 0.25) is 0 Å². The van der Waals surface area contributed by atoms with Crippen molar-refractivity contribution in [1.29, 1.82) is 0 Å². The van der Waals surface area contributed by atoms with Crippen LogP contribution in [-0.2, 0) is 14.7 Å². The first-order valence-corrected chi connectivity index (χ1v) is 1.82. The van der Waals surface area contributed by atoms with E-state index in [-0.39, 0.29) is 6.42 Å². The summed E-state index contributed by atoms with van der Waals surface area (Å²) in [4.78, 5) is 13.5. The molecule has 0 spiro atoms. The highest BCUT2D eigenvalue weighted by molar-refractivity contribution is 5.68. The number of carbonyl (C=O) groups excluding carboxylic acids is 1.